The third kappa shape index (κ3) is 7.48. The van der Waals surface area contributed by atoms with E-state index in [0.717, 1.165) is 53.6 Å². The lowest BCUT2D eigenvalue weighted by Crippen LogP contribution is -2.53. The third-order valence-electron chi connectivity index (χ3n) is 6.43. The number of anilines is 1. The Balaban J connectivity index is 1.91. The standard InChI is InChI=1S/C25H31FN4O6S/c1-18(25(32)27-20-10-4-3-5-11-20)28(16-19-9-6-7-14-23(19)26)24(31)17-29(37(2,35)36)21-12-8-13-22(15-21)30(33)34/h6-9,12-15,18,20H,3-5,10-11,16-17H2,1-2H3,(H,27,32)/t18-/m1/s1. The van der Waals surface area contributed by atoms with Crippen molar-refractivity contribution < 1.29 is 27.3 Å². The molecule has 2 amide bonds. The molecule has 1 fully saturated rings. The highest BCUT2D eigenvalue weighted by Crippen LogP contribution is 2.24. The molecule has 0 aliphatic heterocycles. The van der Waals surface area contributed by atoms with Gasteiger partial charge in [0.05, 0.1) is 16.9 Å². The van der Waals surface area contributed by atoms with Gasteiger partial charge in [0.25, 0.3) is 5.69 Å². The molecule has 1 aliphatic rings. The van der Waals surface area contributed by atoms with Crippen molar-refractivity contribution in [3.63, 3.8) is 0 Å². The Hall–Kier alpha value is -3.54. The third-order valence-corrected chi connectivity index (χ3v) is 7.57. The predicted molar refractivity (Wildman–Crippen MR) is 137 cm³/mol. The molecule has 0 unspecified atom stereocenters. The van der Waals surface area contributed by atoms with E-state index in [9.17, 15) is 32.5 Å². The number of hydrogen-bond acceptors (Lipinski definition) is 6. The molecule has 2 aromatic carbocycles. The smallest absolute Gasteiger partial charge is 0.271 e. The van der Waals surface area contributed by atoms with E-state index in [4.69, 9.17) is 0 Å². The van der Waals surface area contributed by atoms with Crippen molar-refractivity contribution in [3.05, 3.63) is 70.0 Å². The van der Waals surface area contributed by atoms with E-state index >= 15 is 0 Å². The maximum atomic E-state index is 14.5. The molecule has 1 atom stereocenters. The Bertz CT molecular complexity index is 1250. The van der Waals surface area contributed by atoms with Crippen molar-refractivity contribution in [2.45, 2.75) is 57.7 Å². The molecule has 200 valence electrons. The Morgan fingerprint density at radius 3 is 2.43 bits per heavy atom. The topological polar surface area (TPSA) is 130 Å². The molecule has 0 heterocycles. The van der Waals surface area contributed by atoms with Gasteiger partial charge >= 0.3 is 0 Å². The summed E-state index contributed by atoms with van der Waals surface area (Å²) in [5, 5.41) is 14.2. The number of amides is 2. The number of hydrogen-bond donors (Lipinski definition) is 1. The van der Waals surface area contributed by atoms with Gasteiger partial charge < -0.3 is 10.2 Å². The molecule has 10 nitrogen and oxygen atoms in total. The number of halogens is 1. The van der Waals surface area contributed by atoms with E-state index in [1.54, 1.807) is 6.07 Å². The minimum absolute atomic E-state index is 0.0218. The van der Waals surface area contributed by atoms with Crippen LogP contribution in [0.4, 0.5) is 15.8 Å². The maximum absolute atomic E-state index is 14.5. The fraction of sp³-hybridized carbons (Fsp3) is 0.440. The molecule has 1 saturated carbocycles. The Morgan fingerprint density at radius 2 is 1.81 bits per heavy atom. The van der Waals surface area contributed by atoms with Gasteiger partial charge in [-0.15, -0.1) is 0 Å². The number of rotatable bonds is 10. The molecule has 0 spiro atoms. The van der Waals surface area contributed by atoms with Crippen molar-refractivity contribution in [2.24, 2.45) is 0 Å². The zero-order valence-electron chi connectivity index (χ0n) is 20.8. The summed E-state index contributed by atoms with van der Waals surface area (Å²) in [5.74, 6) is -1.75. The van der Waals surface area contributed by atoms with Crippen LogP contribution in [0.5, 0.6) is 0 Å². The van der Waals surface area contributed by atoms with Crippen LogP contribution in [0.1, 0.15) is 44.6 Å². The predicted octanol–water partition coefficient (Wildman–Crippen LogP) is 3.37. The quantitative estimate of drug-likeness (QED) is 0.368. The molecule has 0 radical (unpaired) electrons. The van der Waals surface area contributed by atoms with Crippen LogP contribution in [0.3, 0.4) is 0 Å². The number of nitrogens with one attached hydrogen (secondary N) is 1. The van der Waals surface area contributed by atoms with Gasteiger partial charge in [-0.2, -0.15) is 0 Å². The Morgan fingerprint density at radius 1 is 1.14 bits per heavy atom. The zero-order valence-corrected chi connectivity index (χ0v) is 21.6. The first kappa shape index (κ1) is 28.0. The van der Waals surface area contributed by atoms with Crippen LogP contribution in [0.25, 0.3) is 0 Å². The summed E-state index contributed by atoms with van der Waals surface area (Å²) in [4.78, 5) is 38.3. The van der Waals surface area contributed by atoms with E-state index in [0.29, 0.717) is 0 Å². The first-order valence-electron chi connectivity index (χ1n) is 12.0. The van der Waals surface area contributed by atoms with Gasteiger partial charge in [-0.25, -0.2) is 12.8 Å². The van der Waals surface area contributed by atoms with Gasteiger partial charge in [-0.3, -0.25) is 24.0 Å². The van der Waals surface area contributed by atoms with Crippen molar-refractivity contribution in [1.82, 2.24) is 10.2 Å². The van der Waals surface area contributed by atoms with E-state index in [1.165, 1.54) is 43.3 Å². The number of benzene rings is 2. The van der Waals surface area contributed by atoms with Crippen molar-refractivity contribution in [1.29, 1.82) is 0 Å². The van der Waals surface area contributed by atoms with Crippen LogP contribution in [0.15, 0.2) is 48.5 Å². The summed E-state index contributed by atoms with van der Waals surface area (Å²) in [6.45, 7) is 0.516. The summed E-state index contributed by atoms with van der Waals surface area (Å²) in [7, 11) is -4.05. The van der Waals surface area contributed by atoms with Crippen LogP contribution >= 0.6 is 0 Å². The first-order chi connectivity index (χ1) is 17.5. The van der Waals surface area contributed by atoms with Gasteiger partial charge in [0.15, 0.2) is 0 Å². The maximum Gasteiger partial charge on any atom is 0.271 e. The lowest BCUT2D eigenvalue weighted by Gasteiger charge is -2.33. The summed E-state index contributed by atoms with van der Waals surface area (Å²) in [5.41, 5.74) is -0.258. The second-order valence-electron chi connectivity index (χ2n) is 9.18. The van der Waals surface area contributed by atoms with Crippen LogP contribution in [-0.4, -0.2) is 54.9 Å². The fourth-order valence-corrected chi connectivity index (χ4v) is 5.18. The number of carbonyl (C=O) groups excluding carboxylic acids is 2. The van der Waals surface area contributed by atoms with Gasteiger partial charge in [0, 0.05) is 30.3 Å². The molecule has 3 rings (SSSR count). The summed E-state index contributed by atoms with van der Waals surface area (Å²) >= 11 is 0. The molecule has 0 bridgehead atoms. The lowest BCUT2D eigenvalue weighted by molar-refractivity contribution is -0.384. The Labute approximate surface area is 215 Å². The van der Waals surface area contributed by atoms with Crippen LogP contribution in [0.2, 0.25) is 0 Å². The number of nitrogens with zero attached hydrogens (tertiary/aromatic N) is 3. The number of sulfonamides is 1. The zero-order chi connectivity index (χ0) is 27.2. The number of non-ortho nitro benzene ring substituents is 1. The van der Waals surface area contributed by atoms with Crippen LogP contribution in [0, 0.1) is 15.9 Å². The van der Waals surface area contributed by atoms with Gasteiger partial charge in [-0.1, -0.05) is 43.5 Å². The lowest BCUT2D eigenvalue weighted by atomic mass is 9.95. The van der Waals surface area contributed by atoms with Crippen molar-refractivity contribution in [2.75, 3.05) is 17.1 Å². The summed E-state index contributed by atoms with van der Waals surface area (Å²) in [6, 6.07) is 9.66. The Kier molecular flexibility index (Phi) is 9.19. The molecule has 1 N–H and O–H groups in total. The molecule has 0 saturated heterocycles. The van der Waals surface area contributed by atoms with Gasteiger partial charge in [-0.05, 0) is 31.9 Å². The number of carbonyl (C=O) groups is 2. The molecule has 0 aromatic heterocycles. The average Bonchev–Trinajstić information content (AvgIpc) is 2.86. The van der Waals surface area contributed by atoms with Gasteiger partial charge in [0.2, 0.25) is 21.8 Å². The molecule has 1 aliphatic carbocycles. The molecule has 12 heteroatoms. The number of nitro benzene ring substituents is 1. The van der Waals surface area contributed by atoms with E-state index in [2.05, 4.69) is 5.32 Å². The SMILES string of the molecule is C[C@H](C(=O)NC1CCCCC1)N(Cc1ccccc1F)C(=O)CN(c1cccc([N+](=O)[O-])c1)S(C)(=O)=O. The highest BCUT2D eigenvalue weighted by atomic mass is 32.2. The normalized spacial score (nSPS) is 15.0. The van der Waals surface area contributed by atoms with E-state index < -0.39 is 45.2 Å². The highest BCUT2D eigenvalue weighted by molar-refractivity contribution is 7.92. The summed E-state index contributed by atoms with van der Waals surface area (Å²) in [6.07, 6.45) is 5.61. The largest absolute Gasteiger partial charge is 0.352 e. The second kappa shape index (κ2) is 12.1. The molecule has 37 heavy (non-hydrogen) atoms. The number of nitro groups is 1. The van der Waals surface area contributed by atoms with Gasteiger partial charge in [0.1, 0.15) is 18.4 Å². The van der Waals surface area contributed by atoms with Crippen molar-refractivity contribution in [3.8, 4) is 0 Å². The second-order valence-corrected chi connectivity index (χ2v) is 11.1. The fourth-order valence-electron chi connectivity index (χ4n) is 4.34. The van der Waals surface area contributed by atoms with E-state index in [-0.39, 0.29) is 29.5 Å². The molecular weight excluding hydrogens is 503 g/mol. The minimum Gasteiger partial charge on any atom is -0.352 e. The monoisotopic (exact) mass is 534 g/mol. The van der Waals surface area contributed by atoms with Crippen LogP contribution in [-0.2, 0) is 26.2 Å². The molecular formula is C25H31FN4O6S. The minimum atomic E-state index is -4.05. The van der Waals surface area contributed by atoms with Crippen molar-refractivity contribution >= 4 is 33.2 Å². The highest BCUT2D eigenvalue weighted by Gasteiger charge is 2.32. The van der Waals surface area contributed by atoms with E-state index in [1.807, 2.05) is 0 Å². The molecule has 2 aromatic rings. The average molecular weight is 535 g/mol. The summed E-state index contributed by atoms with van der Waals surface area (Å²) < 4.78 is 40.4. The van der Waals surface area contributed by atoms with Crippen LogP contribution < -0.4 is 9.62 Å². The first-order valence-corrected chi connectivity index (χ1v) is 13.9.